The van der Waals surface area contributed by atoms with Crippen LogP contribution in [0.2, 0.25) is 5.02 Å². The summed E-state index contributed by atoms with van der Waals surface area (Å²) >= 11 is 6.48. The van der Waals surface area contributed by atoms with Gasteiger partial charge in [0.25, 0.3) is 0 Å². The first kappa shape index (κ1) is 19.1. The number of esters is 1. The van der Waals surface area contributed by atoms with Gasteiger partial charge in [0, 0.05) is 5.92 Å². The topological polar surface area (TPSA) is 35.5 Å². The molecule has 0 spiro atoms. The van der Waals surface area contributed by atoms with E-state index in [9.17, 15) is 4.79 Å². The second-order valence-corrected chi connectivity index (χ2v) is 8.64. The fourth-order valence-electron chi connectivity index (χ4n) is 4.45. The summed E-state index contributed by atoms with van der Waals surface area (Å²) in [5.41, 5.74) is 5.33. The molecule has 0 amide bonds. The van der Waals surface area contributed by atoms with Crippen LogP contribution >= 0.6 is 11.6 Å². The standard InChI is InChI=1S/C24H25ClO3/c1-15-8-20-14-28-23(26)24(20,11-15)12-18-6-7-22(21(25)10-18)27-13-19-5-4-16(2)17(3)9-19/h4-7,9-10,20H,1,8,11-14H2,2-3H3. The van der Waals surface area contributed by atoms with Crippen molar-refractivity contribution in [2.24, 2.45) is 11.3 Å². The van der Waals surface area contributed by atoms with Gasteiger partial charge < -0.3 is 9.47 Å². The molecule has 1 saturated heterocycles. The molecule has 2 atom stereocenters. The van der Waals surface area contributed by atoms with Crippen molar-refractivity contribution in [3.8, 4) is 5.75 Å². The Morgan fingerprint density at radius 1 is 1.18 bits per heavy atom. The minimum atomic E-state index is -0.470. The van der Waals surface area contributed by atoms with E-state index in [0.29, 0.717) is 36.8 Å². The second-order valence-electron chi connectivity index (χ2n) is 8.23. The number of allylic oxidation sites excluding steroid dienone is 1. The highest BCUT2D eigenvalue weighted by Crippen LogP contribution is 2.52. The van der Waals surface area contributed by atoms with Gasteiger partial charge in [-0.25, -0.2) is 0 Å². The molecular weight excluding hydrogens is 372 g/mol. The Labute approximate surface area is 171 Å². The van der Waals surface area contributed by atoms with Gasteiger partial charge in [0.2, 0.25) is 0 Å². The highest BCUT2D eigenvalue weighted by molar-refractivity contribution is 6.32. The fraction of sp³-hybridized carbons (Fsp3) is 0.375. The maximum atomic E-state index is 12.5. The summed E-state index contributed by atoms with van der Waals surface area (Å²) in [7, 11) is 0. The lowest BCUT2D eigenvalue weighted by Gasteiger charge is -2.24. The van der Waals surface area contributed by atoms with Crippen molar-refractivity contribution in [1.82, 2.24) is 0 Å². The van der Waals surface area contributed by atoms with Gasteiger partial charge in [0.15, 0.2) is 0 Å². The lowest BCUT2D eigenvalue weighted by atomic mass is 9.75. The van der Waals surface area contributed by atoms with E-state index in [1.54, 1.807) is 0 Å². The first-order valence-corrected chi connectivity index (χ1v) is 10.1. The van der Waals surface area contributed by atoms with Crippen molar-refractivity contribution in [2.45, 2.75) is 39.7 Å². The van der Waals surface area contributed by atoms with Crippen LogP contribution in [-0.4, -0.2) is 12.6 Å². The van der Waals surface area contributed by atoms with Gasteiger partial charge in [-0.1, -0.05) is 48.0 Å². The predicted octanol–water partition coefficient (Wildman–Crippen LogP) is 5.59. The molecule has 3 nitrogen and oxygen atoms in total. The summed E-state index contributed by atoms with van der Waals surface area (Å²) in [4.78, 5) is 12.5. The molecule has 2 aromatic rings. The van der Waals surface area contributed by atoms with Crippen LogP contribution < -0.4 is 4.74 Å². The lowest BCUT2D eigenvalue weighted by Crippen LogP contribution is -2.31. The van der Waals surface area contributed by atoms with E-state index in [1.807, 2.05) is 18.2 Å². The Kier molecular flexibility index (Phi) is 4.96. The molecule has 2 aromatic carbocycles. The van der Waals surface area contributed by atoms with Gasteiger partial charge in [0.05, 0.1) is 17.0 Å². The molecule has 1 aliphatic heterocycles. The van der Waals surface area contributed by atoms with Crippen LogP contribution in [-0.2, 0) is 22.6 Å². The Morgan fingerprint density at radius 3 is 2.71 bits per heavy atom. The van der Waals surface area contributed by atoms with Crippen molar-refractivity contribution < 1.29 is 14.3 Å². The third-order valence-electron chi connectivity index (χ3n) is 6.19. The van der Waals surface area contributed by atoms with Gasteiger partial charge in [0.1, 0.15) is 12.4 Å². The maximum absolute atomic E-state index is 12.5. The van der Waals surface area contributed by atoms with Gasteiger partial charge in [-0.05, 0) is 67.5 Å². The van der Waals surface area contributed by atoms with E-state index >= 15 is 0 Å². The first-order chi connectivity index (χ1) is 13.4. The smallest absolute Gasteiger partial charge is 0.313 e. The third kappa shape index (κ3) is 3.44. The van der Waals surface area contributed by atoms with Crippen molar-refractivity contribution >= 4 is 17.6 Å². The first-order valence-electron chi connectivity index (χ1n) is 9.68. The van der Waals surface area contributed by atoms with Crippen LogP contribution in [0.3, 0.4) is 0 Å². The van der Waals surface area contributed by atoms with Crippen LogP contribution in [0.15, 0.2) is 48.6 Å². The van der Waals surface area contributed by atoms with E-state index in [4.69, 9.17) is 21.1 Å². The third-order valence-corrected chi connectivity index (χ3v) is 6.48. The Bertz CT molecular complexity index is 949. The summed E-state index contributed by atoms with van der Waals surface area (Å²) in [5, 5.41) is 0.567. The molecule has 146 valence electrons. The number of hydrogen-bond acceptors (Lipinski definition) is 3. The predicted molar refractivity (Wildman–Crippen MR) is 111 cm³/mol. The normalized spacial score (nSPS) is 23.6. The molecule has 0 aromatic heterocycles. The minimum Gasteiger partial charge on any atom is -0.487 e. The van der Waals surface area contributed by atoms with Crippen LogP contribution in [0.4, 0.5) is 0 Å². The molecule has 2 aliphatic rings. The SMILES string of the molecule is C=C1CC2COC(=O)C2(Cc2ccc(OCc3ccc(C)c(C)c3)c(Cl)c2)C1. The molecule has 1 saturated carbocycles. The van der Waals surface area contributed by atoms with E-state index in [1.165, 1.54) is 11.1 Å². The number of halogens is 1. The molecule has 1 heterocycles. The number of carbonyl (C=O) groups is 1. The zero-order valence-electron chi connectivity index (χ0n) is 16.4. The number of hydrogen-bond donors (Lipinski definition) is 0. The van der Waals surface area contributed by atoms with E-state index in [0.717, 1.165) is 23.1 Å². The van der Waals surface area contributed by atoms with E-state index < -0.39 is 5.41 Å². The number of ether oxygens (including phenoxy) is 2. The Balaban J connectivity index is 1.48. The fourth-order valence-corrected chi connectivity index (χ4v) is 4.71. The van der Waals surface area contributed by atoms with Crippen LogP contribution in [0.5, 0.6) is 5.75 Å². The second kappa shape index (κ2) is 7.29. The van der Waals surface area contributed by atoms with Gasteiger partial charge in [-0.2, -0.15) is 0 Å². The molecule has 0 bridgehead atoms. The molecule has 0 radical (unpaired) electrons. The average molecular weight is 397 g/mol. The zero-order valence-corrected chi connectivity index (χ0v) is 17.1. The summed E-state index contributed by atoms with van der Waals surface area (Å²) < 4.78 is 11.3. The summed E-state index contributed by atoms with van der Waals surface area (Å²) in [6.45, 7) is 9.27. The average Bonchev–Trinajstić information content (AvgIpc) is 3.11. The Morgan fingerprint density at radius 2 is 1.96 bits per heavy atom. The van der Waals surface area contributed by atoms with Crippen molar-refractivity contribution in [3.63, 3.8) is 0 Å². The number of fused-ring (bicyclic) bond motifs is 1. The molecule has 0 N–H and O–H groups in total. The highest BCUT2D eigenvalue weighted by atomic mass is 35.5. The van der Waals surface area contributed by atoms with Crippen molar-refractivity contribution in [2.75, 3.05) is 6.61 Å². The lowest BCUT2D eigenvalue weighted by molar-refractivity contribution is -0.146. The maximum Gasteiger partial charge on any atom is 0.313 e. The molecule has 28 heavy (non-hydrogen) atoms. The molecular formula is C24H25ClO3. The van der Waals surface area contributed by atoms with Crippen molar-refractivity contribution in [1.29, 1.82) is 0 Å². The molecule has 2 unspecified atom stereocenters. The number of carbonyl (C=O) groups excluding carboxylic acids is 1. The molecule has 2 fully saturated rings. The highest BCUT2D eigenvalue weighted by Gasteiger charge is 2.55. The summed E-state index contributed by atoms with van der Waals surface area (Å²) in [6, 6.07) is 12.1. The molecule has 1 aliphatic carbocycles. The zero-order chi connectivity index (χ0) is 19.9. The number of rotatable bonds is 5. The quantitative estimate of drug-likeness (QED) is 0.488. The van der Waals surface area contributed by atoms with Crippen LogP contribution in [0.1, 0.15) is 35.1 Å². The number of cyclic esters (lactones) is 1. The summed E-state index contributed by atoms with van der Waals surface area (Å²) in [5.74, 6) is 0.789. The monoisotopic (exact) mass is 396 g/mol. The van der Waals surface area contributed by atoms with E-state index in [-0.39, 0.29) is 11.9 Å². The summed E-state index contributed by atoms with van der Waals surface area (Å²) in [6.07, 6.45) is 2.21. The molecule has 4 rings (SSSR count). The largest absolute Gasteiger partial charge is 0.487 e. The minimum absolute atomic E-state index is 0.0951. The number of benzene rings is 2. The van der Waals surface area contributed by atoms with Gasteiger partial charge in [-0.3, -0.25) is 4.79 Å². The molecule has 4 heteroatoms. The van der Waals surface area contributed by atoms with E-state index in [2.05, 4.69) is 38.6 Å². The van der Waals surface area contributed by atoms with Crippen LogP contribution in [0.25, 0.3) is 0 Å². The van der Waals surface area contributed by atoms with Crippen LogP contribution in [0, 0.1) is 25.2 Å². The Hall–Kier alpha value is -2.26. The number of aryl methyl sites for hydroxylation is 2. The van der Waals surface area contributed by atoms with Crippen molar-refractivity contribution in [3.05, 3.63) is 75.8 Å². The van der Waals surface area contributed by atoms with Gasteiger partial charge >= 0.3 is 5.97 Å². The van der Waals surface area contributed by atoms with Gasteiger partial charge in [-0.15, -0.1) is 0 Å².